The summed E-state index contributed by atoms with van der Waals surface area (Å²) in [6.45, 7) is 9.58. The van der Waals surface area contributed by atoms with E-state index in [1.54, 1.807) is 0 Å². The fourth-order valence-corrected chi connectivity index (χ4v) is 1.26. The van der Waals surface area contributed by atoms with E-state index in [2.05, 4.69) is 43.4 Å². The number of carbonyl (C=O) groups is 1. The first-order valence-corrected chi connectivity index (χ1v) is 6.25. The number of amides is 1. The molecule has 96 valence electrons. The van der Waals surface area contributed by atoms with Gasteiger partial charge in [-0.2, -0.15) is 0 Å². The van der Waals surface area contributed by atoms with Crippen LogP contribution in [0, 0.1) is 0 Å². The van der Waals surface area contributed by atoms with Crippen molar-refractivity contribution >= 4 is 5.91 Å². The van der Waals surface area contributed by atoms with Crippen molar-refractivity contribution in [1.29, 1.82) is 0 Å². The molecule has 0 aromatic heterocycles. The third kappa shape index (κ3) is 8.68. The van der Waals surface area contributed by atoms with E-state index in [1.165, 1.54) is 0 Å². The fourth-order valence-electron chi connectivity index (χ4n) is 1.26. The summed E-state index contributed by atoms with van der Waals surface area (Å²) in [7, 11) is 2.11. The zero-order chi connectivity index (χ0) is 12.4. The van der Waals surface area contributed by atoms with E-state index in [-0.39, 0.29) is 5.91 Å². The second kappa shape index (κ2) is 9.60. The van der Waals surface area contributed by atoms with Gasteiger partial charge in [0.2, 0.25) is 5.91 Å². The summed E-state index contributed by atoms with van der Waals surface area (Å²) in [5.41, 5.74) is 0. The maximum Gasteiger partial charge on any atom is 0.233 e. The summed E-state index contributed by atoms with van der Waals surface area (Å²) >= 11 is 0. The molecule has 0 aromatic rings. The SMILES string of the molecule is CCCNCC(=O)NCCCN(C)C(C)C. The molecule has 16 heavy (non-hydrogen) atoms. The molecule has 4 nitrogen and oxygen atoms in total. The molecule has 4 heteroatoms. The third-order valence-electron chi connectivity index (χ3n) is 2.60. The van der Waals surface area contributed by atoms with Gasteiger partial charge in [-0.3, -0.25) is 4.79 Å². The monoisotopic (exact) mass is 229 g/mol. The van der Waals surface area contributed by atoms with Crippen LogP contribution in [0.2, 0.25) is 0 Å². The van der Waals surface area contributed by atoms with Crippen molar-refractivity contribution in [3.63, 3.8) is 0 Å². The Kier molecular flexibility index (Phi) is 9.24. The molecule has 0 rings (SSSR count). The fraction of sp³-hybridized carbons (Fsp3) is 0.917. The lowest BCUT2D eigenvalue weighted by molar-refractivity contribution is -0.120. The van der Waals surface area contributed by atoms with Crippen LogP contribution in [0.4, 0.5) is 0 Å². The quantitative estimate of drug-likeness (QED) is 0.576. The molecular formula is C12H27N3O. The van der Waals surface area contributed by atoms with Gasteiger partial charge in [-0.1, -0.05) is 6.92 Å². The molecule has 0 unspecified atom stereocenters. The van der Waals surface area contributed by atoms with E-state index < -0.39 is 0 Å². The highest BCUT2D eigenvalue weighted by molar-refractivity contribution is 5.77. The zero-order valence-electron chi connectivity index (χ0n) is 11.2. The molecule has 2 N–H and O–H groups in total. The Morgan fingerprint density at radius 3 is 2.56 bits per heavy atom. The minimum absolute atomic E-state index is 0.0978. The average Bonchev–Trinajstić information content (AvgIpc) is 2.24. The minimum atomic E-state index is 0.0978. The van der Waals surface area contributed by atoms with Gasteiger partial charge in [0.15, 0.2) is 0 Å². The van der Waals surface area contributed by atoms with E-state index in [0.717, 1.165) is 32.5 Å². The van der Waals surface area contributed by atoms with Crippen molar-refractivity contribution in [2.24, 2.45) is 0 Å². The second-order valence-corrected chi connectivity index (χ2v) is 4.45. The van der Waals surface area contributed by atoms with Gasteiger partial charge in [-0.25, -0.2) is 0 Å². The molecular weight excluding hydrogens is 202 g/mol. The molecule has 0 fully saturated rings. The summed E-state index contributed by atoms with van der Waals surface area (Å²) in [6, 6.07) is 0.571. The van der Waals surface area contributed by atoms with E-state index in [1.807, 2.05) is 0 Å². The maximum absolute atomic E-state index is 11.3. The Morgan fingerprint density at radius 2 is 2.00 bits per heavy atom. The Bertz CT molecular complexity index is 183. The summed E-state index contributed by atoms with van der Waals surface area (Å²) in [6.07, 6.45) is 2.07. The first kappa shape index (κ1) is 15.4. The summed E-state index contributed by atoms with van der Waals surface area (Å²) in [4.78, 5) is 13.6. The molecule has 0 aliphatic rings. The number of nitrogens with zero attached hydrogens (tertiary/aromatic N) is 1. The minimum Gasteiger partial charge on any atom is -0.355 e. The van der Waals surface area contributed by atoms with Gasteiger partial charge in [0, 0.05) is 12.6 Å². The van der Waals surface area contributed by atoms with Crippen LogP contribution in [-0.4, -0.2) is 50.1 Å². The van der Waals surface area contributed by atoms with E-state index >= 15 is 0 Å². The Hall–Kier alpha value is -0.610. The Morgan fingerprint density at radius 1 is 1.31 bits per heavy atom. The first-order chi connectivity index (χ1) is 7.57. The number of nitrogens with one attached hydrogen (secondary N) is 2. The normalized spacial score (nSPS) is 11.1. The average molecular weight is 229 g/mol. The first-order valence-electron chi connectivity index (χ1n) is 6.25. The number of hydrogen-bond donors (Lipinski definition) is 2. The maximum atomic E-state index is 11.3. The molecule has 0 bridgehead atoms. The molecule has 0 aliphatic heterocycles. The largest absolute Gasteiger partial charge is 0.355 e. The Balaban J connectivity index is 3.34. The number of hydrogen-bond acceptors (Lipinski definition) is 3. The topological polar surface area (TPSA) is 44.4 Å². The van der Waals surface area contributed by atoms with Gasteiger partial charge in [0.1, 0.15) is 0 Å². The second-order valence-electron chi connectivity index (χ2n) is 4.45. The molecule has 0 spiro atoms. The number of carbonyl (C=O) groups excluding carboxylic acids is 1. The van der Waals surface area contributed by atoms with E-state index in [9.17, 15) is 4.79 Å². The van der Waals surface area contributed by atoms with Crippen molar-refractivity contribution in [1.82, 2.24) is 15.5 Å². The molecule has 0 saturated carbocycles. The zero-order valence-corrected chi connectivity index (χ0v) is 11.2. The molecule has 0 heterocycles. The molecule has 0 aromatic carbocycles. The van der Waals surface area contributed by atoms with Crippen LogP contribution >= 0.6 is 0 Å². The van der Waals surface area contributed by atoms with Crippen LogP contribution in [0.5, 0.6) is 0 Å². The summed E-state index contributed by atoms with van der Waals surface area (Å²) < 4.78 is 0. The summed E-state index contributed by atoms with van der Waals surface area (Å²) in [5.74, 6) is 0.0978. The predicted molar refractivity (Wildman–Crippen MR) is 68.6 cm³/mol. The molecule has 0 atom stereocenters. The van der Waals surface area contributed by atoms with E-state index in [0.29, 0.717) is 12.6 Å². The highest BCUT2D eigenvalue weighted by Gasteiger charge is 2.03. The van der Waals surface area contributed by atoms with Gasteiger partial charge < -0.3 is 15.5 Å². The van der Waals surface area contributed by atoms with Crippen LogP contribution in [-0.2, 0) is 4.79 Å². The van der Waals surface area contributed by atoms with Crippen molar-refractivity contribution in [2.75, 3.05) is 33.2 Å². The lowest BCUT2D eigenvalue weighted by atomic mass is 10.3. The third-order valence-corrected chi connectivity index (χ3v) is 2.60. The molecule has 0 saturated heterocycles. The van der Waals surface area contributed by atoms with Crippen LogP contribution in [0.3, 0.4) is 0 Å². The van der Waals surface area contributed by atoms with Crippen molar-refractivity contribution in [3.05, 3.63) is 0 Å². The van der Waals surface area contributed by atoms with Gasteiger partial charge >= 0.3 is 0 Å². The van der Waals surface area contributed by atoms with Crippen molar-refractivity contribution in [2.45, 2.75) is 39.7 Å². The molecule has 1 amide bonds. The van der Waals surface area contributed by atoms with Crippen LogP contribution < -0.4 is 10.6 Å². The lowest BCUT2D eigenvalue weighted by Crippen LogP contribution is -2.36. The summed E-state index contributed by atoms with van der Waals surface area (Å²) in [5, 5.41) is 5.99. The van der Waals surface area contributed by atoms with Crippen LogP contribution in [0.25, 0.3) is 0 Å². The lowest BCUT2D eigenvalue weighted by Gasteiger charge is -2.20. The van der Waals surface area contributed by atoms with E-state index in [4.69, 9.17) is 0 Å². The standard InChI is InChI=1S/C12H27N3O/c1-5-7-13-10-12(16)14-8-6-9-15(4)11(2)3/h11,13H,5-10H2,1-4H3,(H,14,16). The smallest absolute Gasteiger partial charge is 0.233 e. The van der Waals surface area contributed by atoms with Crippen molar-refractivity contribution < 1.29 is 4.79 Å². The molecule has 0 aliphatic carbocycles. The van der Waals surface area contributed by atoms with Gasteiger partial charge in [0.05, 0.1) is 6.54 Å². The predicted octanol–water partition coefficient (Wildman–Crippen LogP) is 0.833. The van der Waals surface area contributed by atoms with Crippen LogP contribution in [0.15, 0.2) is 0 Å². The highest BCUT2D eigenvalue weighted by Crippen LogP contribution is 1.93. The number of rotatable bonds is 9. The van der Waals surface area contributed by atoms with Crippen molar-refractivity contribution in [3.8, 4) is 0 Å². The van der Waals surface area contributed by atoms with Gasteiger partial charge in [-0.15, -0.1) is 0 Å². The van der Waals surface area contributed by atoms with Gasteiger partial charge in [0.25, 0.3) is 0 Å². The van der Waals surface area contributed by atoms with Crippen LogP contribution in [0.1, 0.15) is 33.6 Å². The molecule has 0 radical (unpaired) electrons. The van der Waals surface area contributed by atoms with Gasteiger partial charge in [-0.05, 0) is 46.8 Å². The highest BCUT2D eigenvalue weighted by atomic mass is 16.1. The Labute approximate surface area is 99.8 Å².